The van der Waals surface area contributed by atoms with E-state index < -0.39 is 0 Å². The Kier molecular flexibility index (Phi) is 3.46. The van der Waals surface area contributed by atoms with Gasteiger partial charge < -0.3 is 19.4 Å². The molecule has 8 heteroatoms. The normalized spacial score (nSPS) is 19.2. The molecule has 106 valence electrons. The summed E-state index contributed by atoms with van der Waals surface area (Å²) in [5.74, 6) is 0.511. The first-order valence-electron chi connectivity index (χ1n) is 6.35. The molecule has 0 aliphatic carbocycles. The van der Waals surface area contributed by atoms with E-state index in [1.165, 1.54) is 13.4 Å². The number of nitrogens with zero attached hydrogens (tertiary/aromatic N) is 4. The van der Waals surface area contributed by atoms with Crippen molar-refractivity contribution >= 4 is 23.0 Å². The van der Waals surface area contributed by atoms with Crippen molar-refractivity contribution in [1.82, 2.24) is 19.9 Å². The Labute approximate surface area is 115 Å². The van der Waals surface area contributed by atoms with Gasteiger partial charge in [-0.3, -0.25) is 4.79 Å². The molecule has 1 aliphatic heterocycles. The van der Waals surface area contributed by atoms with Gasteiger partial charge in [-0.2, -0.15) is 0 Å². The van der Waals surface area contributed by atoms with Crippen LogP contribution in [0.3, 0.4) is 0 Å². The number of carbonyl (C=O) groups is 1. The van der Waals surface area contributed by atoms with E-state index in [0.29, 0.717) is 25.3 Å². The summed E-state index contributed by atoms with van der Waals surface area (Å²) in [5, 5.41) is 0. The van der Waals surface area contributed by atoms with Crippen LogP contribution in [0.15, 0.2) is 12.7 Å². The number of hydrogen-bond acceptors (Lipinski definition) is 7. The van der Waals surface area contributed by atoms with Crippen LogP contribution in [0.25, 0.3) is 11.2 Å². The molecule has 3 heterocycles. The van der Waals surface area contributed by atoms with Crippen molar-refractivity contribution in [3.05, 3.63) is 12.7 Å². The lowest BCUT2D eigenvalue weighted by Crippen LogP contribution is -2.44. The van der Waals surface area contributed by atoms with E-state index in [9.17, 15) is 4.79 Å². The number of imidazole rings is 1. The number of hydrogen-bond donors (Lipinski definition) is 1. The van der Waals surface area contributed by atoms with Gasteiger partial charge in [0.1, 0.15) is 11.8 Å². The first-order valence-corrected chi connectivity index (χ1v) is 6.35. The van der Waals surface area contributed by atoms with Crippen LogP contribution in [0.4, 0.5) is 5.82 Å². The van der Waals surface area contributed by atoms with Gasteiger partial charge in [-0.15, -0.1) is 0 Å². The Bertz CT molecular complexity index is 614. The van der Waals surface area contributed by atoms with Gasteiger partial charge in [-0.05, 0) is 0 Å². The largest absolute Gasteiger partial charge is 0.469 e. The Morgan fingerprint density at radius 3 is 3.30 bits per heavy atom. The molecule has 1 aliphatic rings. The maximum Gasteiger partial charge on any atom is 0.308 e. The summed E-state index contributed by atoms with van der Waals surface area (Å²) in [6.07, 6.45) is 3.13. The van der Waals surface area contributed by atoms with Crippen molar-refractivity contribution < 1.29 is 14.3 Å². The number of anilines is 1. The second kappa shape index (κ2) is 5.41. The fourth-order valence-electron chi connectivity index (χ4n) is 2.30. The molecule has 0 saturated carbocycles. The zero-order valence-electron chi connectivity index (χ0n) is 11.1. The molecule has 0 bridgehead atoms. The fraction of sp³-hybridized carbons (Fsp3) is 0.500. The van der Waals surface area contributed by atoms with Crippen LogP contribution >= 0.6 is 0 Å². The van der Waals surface area contributed by atoms with Crippen LogP contribution < -0.4 is 4.90 Å². The van der Waals surface area contributed by atoms with Crippen molar-refractivity contribution in [1.29, 1.82) is 0 Å². The average molecular weight is 277 g/mol. The molecular formula is C12H15N5O3. The van der Waals surface area contributed by atoms with E-state index in [4.69, 9.17) is 4.74 Å². The summed E-state index contributed by atoms with van der Waals surface area (Å²) < 4.78 is 10.3. The molecule has 1 atom stereocenters. The van der Waals surface area contributed by atoms with Gasteiger partial charge in [0.05, 0.1) is 32.6 Å². The van der Waals surface area contributed by atoms with Crippen LogP contribution in [0.2, 0.25) is 0 Å². The van der Waals surface area contributed by atoms with Crippen LogP contribution in [-0.2, 0) is 14.3 Å². The summed E-state index contributed by atoms with van der Waals surface area (Å²) >= 11 is 0. The Morgan fingerprint density at radius 2 is 2.45 bits per heavy atom. The van der Waals surface area contributed by atoms with E-state index in [2.05, 4.69) is 29.6 Å². The third-order valence-electron chi connectivity index (χ3n) is 3.26. The van der Waals surface area contributed by atoms with Gasteiger partial charge in [0.2, 0.25) is 0 Å². The van der Waals surface area contributed by atoms with E-state index in [0.717, 1.165) is 11.3 Å². The number of nitrogens with one attached hydrogen (secondary N) is 1. The van der Waals surface area contributed by atoms with Crippen molar-refractivity contribution in [3.63, 3.8) is 0 Å². The van der Waals surface area contributed by atoms with E-state index in [1.807, 2.05) is 0 Å². The Morgan fingerprint density at radius 1 is 1.55 bits per heavy atom. The number of fused-ring (bicyclic) bond motifs is 1. The Balaban J connectivity index is 1.79. The van der Waals surface area contributed by atoms with E-state index >= 15 is 0 Å². The minimum atomic E-state index is -0.272. The van der Waals surface area contributed by atoms with Gasteiger partial charge >= 0.3 is 5.97 Å². The molecule has 1 unspecified atom stereocenters. The number of carbonyl (C=O) groups excluding carboxylic acids is 1. The maximum atomic E-state index is 11.3. The molecule has 1 saturated heterocycles. The number of rotatable bonds is 3. The van der Waals surface area contributed by atoms with Gasteiger partial charge in [0, 0.05) is 13.1 Å². The third kappa shape index (κ3) is 2.42. The number of aromatic amines is 1. The molecule has 0 aromatic carbocycles. The topological polar surface area (TPSA) is 93.2 Å². The molecule has 3 rings (SSSR count). The van der Waals surface area contributed by atoms with Crippen molar-refractivity contribution in [2.45, 2.75) is 12.5 Å². The average Bonchev–Trinajstić information content (AvgIpc) is 2.95. The summed E-state index contributed by atoms with van der Waals surface area (Å²) in [4.78, 5) is 29.0. The minimum Gasteiger partial charge on any atom is -0.469 e. The quantitative estimate of drug-likeness (QED) is 0.796. The van der Waals surface area contributed by atoms with Crippen molar-refractivity contribution in [2.24, 2.45) is 0 Å². The standard InChI is InChI=1S/C12H15N5O3/c1-19-9(18)4-8-5-17(2-3-20-8)12-10-11(14-6-13-10)15-7-16-12/h6-8H,2-5H2,1H3,(H,13,14,15,16). The van der Waals surface area contributed by atoms with E-state index in [1.54, 1.807) is 6.33 Å². The maximum absolute atomic E-state index is 11.3. The second-order valence-electron chi connectivity index (χ2n) is 4.52. The molecule has 0 amide bonds. The molecule has 2 aromatic rings. The number of aromatic nitrogens is 4. The van der Waals surface area contributed by atoms with Gasteiger partial charge in [-0.25, -0.2) is 15.0 Å². The lowest BCUT2D eigenvalue weighted by atomic mass is 10.2. The lowest BCUT2D eigenvalue weighted by Gasteiger charge is -2.33. The Hall–Kier alpha value is -2.22. The van der Waals surface area contributed by atoms with Gasteiger partial charge in [-0.1, -0.05) is 0 Å². The fourth-order valence-corrected chi connectivity index (χ4v) is 2.30. The summed E-state index contributed by atoms with van der Waals surface area (Å²) in [6.45, 7) is 1.84. The highest BCUT2D eigenvalue weighted by Crippen LogP contribution is 2.22. The predicted octanol–water partition coefficient (Wildman–Crippen LogP) is 0.121. The first kappa shape index (κ1) is 12.8. The molecule has 0 radical (unpaired) electrons. The second-order valence-corrected chi connectivity index (χ2v) is 4.52. The zero-order chi connectivity index (χ0) is 13.9. The van der Waals surface area contributed by atoms with Crippen molar-refractivity contribution in [3.8, 4) is 0 Å². The van der Waals surface area contributed by atoms with E-state index in [-0.39, 0.29) is 18.5 Å². The van der Waals surface area contributed by atoms with Crippen molar-refractivity contribution in [2.75, 3.05) is 31.7 Å². The summed E-state index contributed by atoms with van der Waals surface area (Å²) in [6, 6.07) is 0. The lowest BCUT2D eigenvalue weighted by molar-refractivity contribution is -0.144. The SMILES string of the molecule is COC(=O)CC1CN(c2ncnc3nc[nH]c23)CCO1. The molecule has 1 fully saturated rings. The zero-order valence-corrected chi connectivity index (χ0v) is 11.1. The number of methoxy groups -OCH3 is 1. The number of ether oxygens (including phenoxy) is 2. The molecule has 1 N–H and O–H groups in total. The molecular weight excluding hydrogens is 262 g/mol. The van der Waals surface area contributed by atoms with Crippen LogP contribution in [0.1, 0.15) is 6.42 Å². The minimum absolute atomic E-state index is 0.191. The highest BCUT2D eigenvalue weighted by Gasteiger charge is 2.25. The summed E-state index contributed by atoms with van der Waals surface area (Å²) in [7, 11) is 1.38. The summed E-state index contributed by atoms with van der Waals surface area (Å²) in [5.41, 5.74) is 1.43. The van der Waals surface area contributed by atoms with Gasteiger partial charge in [0.25, 0.3) is 0 Å². The van der Waals surface area contributed by atoms with Crippen LogP contribution in [-0.4, -0.2) is 58.8 Å². The predicted molar refractivity (Wildman–Crippen MR) is 70.3 cm³/mol. The molecule has 2 aromatic heterocycles. The molecule has 20 heavy (non-hydrogen) atoms. The first-order chi connectivity index (χ1) is 9.78. The van der Waals surface area contributed by atoms with Gasteiger partial charge in [0.15, 0.2) is 11.5 Å². The number of esters is 1. The number of H-pyrrole nitrogens is 1. The monoisotopic (exact) mass is 277 g/mol. The highest BCUT2D eigenvalue weighted by molar-refractivity contribution is 5.82. The smallest absolute Gasteiger partial charge is 0.308 e. The molecule has 0 spiro atoms. The van der Waals surface area contributed by atoms with Crippen LogP contribution in [0, 0.1) is 0 Å². The number of morpholine rings is 1. The molecule has 8 nitrogen and oxygen atoms in total. The third-order valence-corrected chi connectivity index (χ3v) is 3.26. The van der Waals surface area contributed by atoms with Crippen LogP contribution in [0.5, 0.6) is 0 Å². The highest BCUT2D eigenvalue weighted by atomic mass is 16.5.